The summed E-state index contributed by atoms with van der Waals surface area (Å²) < 4.78 is 68.5. The second kappa shape index (κ2) is 77.6. The lowest BCUT2D eigenvalue weighted by Gasteiger charge is -2.21. The van der Waals surface area contributed by atoms with E-state index in [4.69, 9.17) is 37.0 Å². The molecule has 0 aromatic rings. The van der Waals surface area contributed by atoms with Crippen molar-refractivity contribution < 1.29 is 80.2 Å². The Morgan fingerprint density at radius 2 is 0.509 bits per heavy atom. The minimum Gasteiger partial charge on any atom is -0.462 e. The van der Waals surface area contributed by atoms with Crippen LogP contribution in [0.5, 0.6) is 0 Å². The zero-order chi connectivity index (χ0) is 77.4. The van der Waals surface area contributed by atoms with Gasteiger partial charge >= 0.3 is 39.5 Å². The first-order valence-corrected chi connectivity index (χ1v) is 43.4. The van der Waals surface area contributed by atoms with E-state index in [-0.39, 0.29) is 25.7 Å². The maximum absolute atomic E-state index is 13.1. The average Bonchev–Trinajstić information content (AvgIpc) is 0.901. The molecule has 0 aromatic carbocycles. The fourth-order valence-electron chi connectivity index (χ4n) is 10.2. The molecule has 19 heteroatoms. The van der Waals surface area contributed by atoms with Gasteiger partial charge in [-0.05, 0) is 141 Å². The van der Waals surface area contributed by atoms with Crippen LogP contribution in [0.2, 0.25) is 0 Å². The minimum atomic E-state index is -5.01. The Bertz CT molecular complexity index is 2680. The van der Waals surface area contributed by atoms with Crippen LogP contribution in [-0.4, -0.2) is 96.7 Å². The lowest BCUT2D eigenvalue weighted by atomic mass is 10.1. The standard InChI is InChI=1S/C87H142O17P2/c1-5-9-13-17-21-25-29-32-35-38-40-43-46-49-53-56-60-64-68-72-85(90)98-78-83(104-87(92)74-70-66-62-58-54-50-47-44-41-39-36-33-30-26-22-18-14-10-6-2)80-102-106(95,96)100-76-81(88)75-99-105(93,94)101-79-82(103-86(91)73-69-65-61-57-51-28-24-20-16-12-8-4)77-97-84(89)71-67-63-59-55-52-48-45-42-37-34-31-27-23-19-15-11-7-3/h9-11,13-15,21-23,25-27,32-37,40-41,43-45,48-49,53,60,64,81-83,88H,5-8,12,16-20,24,28-31,38-39,42,46-47,50-52,54-59,61-63,65-80H2,1-4H3,(H,93,94)(H,95,96)/b13-9-,14-10-,15-11-,25-21-,26-22-,27-23-,35-32-,36-33-,37-34-,43-40-,44-41-,48-45-,53-49-,64-60-. The third-order valence-corrected chi connectivity index (χ3v) is 18.1. The van der Waals surface area contributed by atoms with E-state index in [1.54, 1.807) is 0 Å². The predicted molar refractivity (Wildman–Crippen MR) is 436 cm³/mol. The molecule has 0 aliphatic heterocycles. The molecule has 0 bridgehead atoms. The van der Waals surface area contributed by atoms with Gasteiger partial charge in [-0.15, -0.1) is 0 Å². The second-order valence-corrected chi connectivity index (χ2v) is 29.1. The van der Waals surface area contributed by atoms with Gasteiger partial charge in [-0.3, -0.25) is 37.3 Å². The Balaban J connectivity index is 5.45. The smallest absolute Gasteiger partial charge is 0.462 e. The van der Waals surface area contributed by atoms with Gasteiger partial charge in [-0.2, -0.15) is 0 Å². The number of hydrogen-bond acceptors (Lipinski definition) is 15. The maximum atomic E-state index is 13.1. The summed E-state index contributed by atoms with van der Waals surface area (Å²) in [6, 6.07) is 0. The highest BCUT2D eigenvalue weighted by Crippen LogP contribution is 2.45. The van der Waals surface area contributed by atoms with E-state index < -0.39 is 97.5 Å². The van der Waals surface area contributed by atoms with Crippen molar-refractivity contribution in [1.29, 1.82) is 0 Å². The van der Waals surface area contributed by atoms with Crippen molar-refractivity contribution in [1.82, 2.24) is 0 Å². The van der Waals surface area contributed by atoms with E-state index >= 15 is 0 Å². The molecular weight excluding hydrogens is 1380 g/mol. The first-order valence-electron chi connectivity index (χ1n) is 40.4. The normalized spacial score (nSPS) is 14.7. The highest BCUT2D eigenvalue weighted by molar-refractivity contribution is 7.47. The zero-order valence-electron chi connectivity index (χ0n) is 65.8. The molecule has 106 heavy (non-hydrogen) atoms. The molecule has 0 spiro atoms. The molecule has 602 valence electrons. The van der Waals surface area contributed by atoms with E-state index in [1.807, 2.05) is 18.2 Å². The summed E-state index contributed by atoms with van der Waals surface area (Å²) >= 11 is 0. The molecule has 0 aliphatic carbocycles. The number of hydrogen-bond donors (Lipinski definition) is 3. The number of allylic oxidation sites excluding steroid dienone is 28. The molecule has 0 rings (SSSR count). The molecule has 0 aromatic heterocycles. The van der Waals surface area contributed by atoms with Gasteiger partial charge in [0.25, 0.3) is 0 Å². The third kappa shape index (κ3) is 76.6. The van der Waals surface area contributed by atoms with E-state index in [2.05, 4.69) is 180 Å². The molecule has 0 fully saturated rings. The Kier molecular flexibility index (Phi) is 73.5. The van der Waals surface area contributed by atoms with Crippen LogP contribution in [0.4, 0.5) is 0 Å². The Labute approximate surface area is 642 Å². The topological polar surface area (TPSA) is 237 Å². The maximum Gasteiger partial charge on any atom is 0.472 e. The van der Waals surface area contributed by atoms with Crippen LogP contribution in [0, 0.1) is 0 Å². The summed E-state index contributed by atoms with van der Waals surface area (Å²) in [6.45, 7) is 4.39. The first-order chi connectivity index (χ1) is 51.7. The molecule has 0 amide bonds. The van der Waals surface area contributed by atoms with Crippen LogP contribution >= 0.6 is 15.6 Å². The molecule has 0 saturated carbocycles. The summed E-state index contributed by atoms with van der Waals surface area (Å²) in [5.74, 6) is -2.32. The number of phosphoric acid groups is 2. The molecule has 5 unspecified atom stereocenters. The van der Waals surface area contributed by atoms with Gasteiger partial charge in [0.2, 0.25) is 0 Å². The number of carbonyl (C=O) groups excluding carboxylic acids is 4. The lowest BCUT2D eigenvalue weighted by molar-refractivity contribution is -0.161. The van der Waals surface area contributed by atoms with Gasteiger partial charge in [-0.25, -0.2) is 9.13 Å². The molecule has 0 aliphatic rings. The van der Waals surface area contributed by atoms with Crippen molar-refractivity contribution in [2.45, 2.75) is 316 Å². The first kappa shape index (κ1) is 100. The number of unbranched alkanes of at least 4 members (excludes halogenated alkanes) is 20. The van der Waals surface area contributed by atoms with Gasteiger partial charge in [0.05, 0.1) is 26.4 Å². The van der Waals surface area contributed by atoms with Gasteiger partial charge in [0, 0.05) is 25.7 Å². The van der Waals surface area contributed by atoms with Gasteiger partial charge in [0.15, 0.2) is 12.2 Å². The van der Waals surface area contributed by atoms with Crippen molar-refractivity contribution in [3.05, 3.63) is 170 Å². The minimum absolute atomic E-state index is 0.0269. The zero-order valence-corrected chi connectivity index (χ0v) is 67.6. The van der Waals surface area contributed by atoms with E-state index in [1.165, 1.54) is 38.5 Å². The fourth-order valence-corrected chi connectivity index (χ4v) is 11.7. The van der Waals surface area contributed by atoms with E-state index in [9.17, 15) is 43.2 Å². The summed E-state index contributed by atoms with van der Waals surface area (Å²) in [7, 11) is -10.00. The Morgan fingerprint density at radius 1 is 0.274 bits per heavy atom. The van der Waals surface area contributed by atoms with Crippen LogP contribution in [0.25, 0.3) is 0 Å². The third-order valence-electron chi connectivity index (χ3n) is 16.2. The quantitative estimate of drug-likeness (QED) is 0.0169. The van der Waals surface area contributed by atoms with Gasteiger partial charge in [0.1, 0.15) is 19.3 Å². The number of aliphatic hydroxyl groups is 1. The van der Waals surface area contributed by atoms with Crippen molar-refractivity contribution in [3.8, 4) is 0 Å². The Hall–Kier alpha value is -5.58. The van der Waals surface area contributed by atoms with Crippen LogP contribution in [0.1, 0.15) is 297 Å². The predicted octanol–water partition coefficient (Wildman–Crippen LogP) is 23.8. The number of aliphatic hydroxyl groups excluding tert-OH is 1. The highest BCUT2D eigenvalue weighted by Gasteiger charge is 2.30. The van der Waals surface area contributed by atoms with Crippen LogP contribution in [0.3, 0.4) is 0 Å². The van der Waals surface area contributed by atoms with Crippen molar-refractivity contribution in [2.24, 2.45) is 0 Å². The largest absolute Gasteiger partial charge is 0.472 e. The van der Waals surface area contributed by atoms with Crippen LogP contribution in [-0.2, 0) is 65.4 Å². The number of ether oxygens (including phenoxy) is 4. The van der Waals surface area contributed by atoms with Crippen molar-refractivity contribution >= 4 is 39.5 Å². The van der Waals surface area contributed by atoms with Gasteiger partial charge in [-0.1, -0.05) is 301 Å². The van der Waals surface area contributed by atoms with E-state index in [0.717, 1.165) is 173 Å². The monoisotopic (exact) mass is 1520 g/mol. The lowest BCUT2D eigenvalue weighted by Crippen LogP contribution is -2.30. The highest BCUT2D eigenvalue weighted by atomic mass is 31.2. The van der Waals surface area contributed by atoms with Crippen LogP contribution < -0.4 is 0 Å². The van der Waals surface area contributed by atoms with Crippen LogP contribution in [0.15, 0.2) is 170 Å². The average molecular weight is 1520 g/mol. The number of carbonyl (C=O) groups is 4. The van der Waals surface area contributed by atoms with Crippen molar-refractivity contribution in [3.63, 3.8) is 0 Å². The number of esters is 4. The second-order valence-electron chi connectivity index (χ2n) is 26.2. The summed E-state index contributed by atoms with van der Waals surface area (Å²) in [5.41, 5.74) is 0. The molecule has 0 heterocycles. The summed E-state index contributed by atoms with van der Waals surface area (Å²) in [6.07, 6.45) is 92.0. The molecule has 0 radical (unpaired) electrons. The van der Waals surface area contributed by atoms with E-state index in [0.29, 0.717) is 32.1 Å². The molecular formula is C87H142O17P2. The molecule has 3 N–H and O–H groups in total. The van der Waals surface area contributed by atoms with Gasteiger partial charge < -0.3 is 33.8 Å². The molecule has 5 atom stereocenters. The number of rotatable bonds is 74. The fraction of sp³-hybridized carbons (Fsp3) is 0.632. The molecule has 0 saturated heterocycles. The number of phosphoric ester groups is 2. The Morgan fingerprint density at radius 3 is 0.811 bits per heavy atom. The van der Waals surface area contributed by atoms with Crippen molar-refractivity contribution in [2.75, 3.05) is 39.6 Å². The molecule has 17 nitrogen and oxygen atoms in total. The SMILES string of the molecule is CC/C=C\C/C=C\C/C=C\C/C=C\C/C=C\C/C=C\CCC(=O)OCC(COP(=O)(O)OCC(O)COP(=O)(O)OCC(COC(=O)CCCCCC/C=C\C/C=C\C/C=C\C/C=C\CC)OC(=O)CCCCCCCCCCCCC)OC(=O)CCCCCCCC/C=C\C/C=C\C/C=C\C/C=C\CC. The summed E-state index contributed by atoms with van der Waals surface area (Å²) in [5, 5.41) is 10.6. The summed E-state index contributed by atoms with van der Waals surface area (Å²) in [4.78, 5) is 73.0.